The van der Waals surface area contributed by atoms with Gasteiger partial charge in [-0.2, -0.15) is 0 Å². The number of benzene rings is 1. The highest BCUT2D eigenvalue weighted by molar-refractivity contribution is 6.11. The average molecular weight is 445 g/mol. The predicted molar refractivity (Wildman–Crippen MR) is 122 cm³/mol. The lowest BCUT2D eigenvalue weighted by molar-refractivity contribution is -0.143. The van der Waals surface area contributed by atoms with E-state index < -0.39 is 5.41 Å². The lowest BCUT2D eigenvalue weighted by Crippen LogP contribution is -2.51. The summed E-state index contributed by atoms with van der Waals surface area (Å²) in [7, 11) is 5.51. The first kappa shape index (κ1) is 24.4. The normalized spacial score (nSPS) is 22.3. The van der Waals surface area contributed by atoms with Gasteiger partial charge in [0.1, 0.15) is 0 Å². The van der Waals surface area contributed by atoms with Crippen LogP contribution in [0.25, 0.3) is 0 Å². The zero-order valence-electron chi connectivity index (χ0n) is 19.8. The molecule has 1 aromatic rings. The van der Waals surface area contributed by atoms with Crippen molar-refractivity contribution in [3.8, 4) is 0 Å². The largest absolute Gasteiger partial charge is 0.383 e. The number of ether oxygens (including phenoxy) is 1. The van der Waals surface area contributed by atoms with Crippen LogP contribution in [0.4, 0.5) is 0 Å². The molecule has 2 heterocycles. The van der Waals surface area contributed by atoms with Crippen molar-refractivity contribution in [2.24, 2.45) is 0 Å². The summed E-state index contributed by atoms with van der Waals surface area (Å²) in [5, 5.41) is 0. The van der Waals surface area contributed by atoms with Gasteiger partial charge in [0.05, 0.1) is 12.0 Å². The second-order valence-corrected chi connectivity index (χ2v) is 9.12. The van der Waals surface area contributed by atoms with Gasteiger partial charge in [-0.3, -0.25) is 24.2 Å². The van der Waals surface area contributed by atoms with Crippen LogP contribution in [-0.2, 0) is 24.5 Å². The standard InChI is InChI=1S/C24H36N4O4/c1-19-7-5-6-8-20(19)24(18-22(30)28(23(24)31)14-9-25(2)3)17-21(29)27-12-10-26(11-13-27)15-16-32-4/h5-8H,9-18H2,1-4H3. The predicted octanol–water partition coefficient (Wildman–Crippen LogP) is 0.734. The molecule has 3 rings (SSSR count). The molecule has 0 bridgehead atoms. The Balaban J connectivity index is 1.81. The van der Waals surface area contributed by atoms with Crippen LogP contribution in [0, 0.1) is 6.92 Å². The molecule has 1 unspecified atom stereocenters. The number of carbonyl (C=O) groups excluding carboxylic acids is 3. The Morgan fingerprint density at radius 1 is 1.09 bits per heavy atom. The number of amides is 3. The van der Waals surface area contributed by atoms with Gasteiger partial charge >= 0.3 is 0 Å². The van der Waals surface area contributed by atoms with Crippen LogP contribution in [0.15, 0.2) is 24.3 Å². The molecule has 0 N–H and O–H groups in total. The first-order valence-corrected chi connectivity index (χ1v) is 11.3. The molecule has 2 fully saturated rings. The Kier molecular flexibility index (Phi) is 8.03. The topological polar surface area (TPSA) is 73.4 Å². The van der Waals surface area contributed by atoms with Crippen molar-refractivity contribution in [2.45, 2.75) is 25.2 Å². The lowest BCUT2D eigenvalue weighted by atomic mass is 9.74. The number of rotatable bonds is 9. The van der Waals surface area contributed by atoms with Crippen LogP contribution in [0.5, 0.6) is 0 Å². The fourth-order valence-electron chi connectivity index (χ4n) is 4.69. The maximum absolute atomic E-state index is 13.7. The molecule has 0 spiro atoms. The van der Waals surface area contributed by atoms with Crippen LogP contribution in [-0.4, -0.2) is 111 Å². The molecule has 2 saturated heterocycles. The number of aryl methyl sites for hydroxylation is 1. The Hall–Kier alpha value is -2.29. The zero-order valence-corrected chi connectivity index (χ0v) is 19.8. The minimum atomic E-state index is -1.13. The number of likely N-dealkylation sites (tertiary alicyclic amines) is 1. The highest BCUT2D eigenvalue weighted by Gasteiger charge is 2.54. The van der Waals surface area contributed by atoms with Gasteiger partial charge in [-0.05, 0) is 32.1 Å². The van der Waals surface area contributed by atoms with Crippen LogP contribution in [0.2, 0.25) is 0 Å². The number of nitrogens with zero attached hydrogens (tertiary/aromatic N) is 4. The summed E-state index contributed by atoms with van der Waals surface area (Å²) < 4.78 is 5.15. The summed E-state index contributed by atoms with van der Waals surface area (Å²) >= 11 is 0. The van der Waals surface area contributed by atoms with Crippen molar-refractivity contribution in [3.05, 3.63) is 35.4 Å². The molecule has 0 radical (unpaired) electrons. The molecule has 1 atom stereocenters. The first-order chi connectivity index (χ1) is 15.3. The van der Waals surface area contributed by atoms with E-state index in [1.807, 2.05) is 55.1 Å². The number of piperazine rings is 1. The van der Waals surface area contributed by atoms with E-state index in [4.69, 9.17) is 4.74 Å². The third-order valence-corrected chi connectivity index (χ3v) is 6.63. The zero-order chi connectivity index (χ0) is 23.3. The molecule has 8 nitrogen and oxygen atoms in total. The molecule has 176 valence electrons. The van der Waals surface area contributed by atoms with Gasteiger partial charge in [0.25, 0.3) is 0 Å². The van der Waals surface area contributed by atoms with E-state index in [9.17, 15) is 14.4 Å². The first-order valence-electron chi connectivity index (χ1n) is 11.3. The van der Waals surface area contributed by atoms with Crippen LogP contribution >= 0.6 is 0 Å². The molecule has 2 aliphatic heterocycles. The van der Waals surface area contributed by atoms with E-state index in [-0.39, 0.29) is 30.6 Å². The molecule has 0 aromatic heterocycles. The fraction of sp³-hybridized carbons (Fsp3) is 0.625. The van der Waals surface area contributed by atoms with E-state index in [0.717, 1.165) is 30.8 Å². The third kappa shape index (κ3) is 5.19. The molecule has 1 aromatic carbocycles. The maximum atomic E-state index is 13.7. The van der Waals surface area contributed by atoms with Gasteiger partial charge in [-0.15, -0.1) is 0 Å². The van der Waals surface area contributed by atoms with Crippen molar-refractivity contribution in [1.29, 1.82) is 0 Å². The number of imide groups is 1. The highest BCUT2D eigenvalue weighted by Crippen LogP contribution is 2.41. The molecular formula is C24H36N4O4. The second-order valence-electron chi connectivity index (χ2n) is 9.12. The molecule has 32 heavy (non-hydrogen) atoms. The van der Waals surface area contributed by atoms with Gasteiger partial charge in [-0.25, -0.2) is 0 Å². The van der Waals surface area contributed by atoms with Crippen molar-refractivity contribution in [1.82, 2.24) is 19.6 Å². The van der Waals surface area contributed by atoms with Gasteiger partial charge in [0.15, 0.2) is 0 Å². The summed E-state index contributed by atoms with van der Waals surface area (Å²) in [5.41, 5.74) is 0.594. The van der Waals surface area contributed by atoms with Gasteiger partial charge in [0.2, 0.25) is 17.7 Å². The van der Waals surface area contributed by atoms with Gasteiger partial charge in [0, 0.05) is 65.8 Å². The smallest absolute Gasteiger partial charge is 0.240 e. The van der Waals surface area contributed by atoms with Crippen molar-refractivity contribution < 1.29 is 19.1 Å². The average Bonchev–Trinajstić information content (AvgIpc) is 3.00. The van der Waals surface area contributed by atoms with Crippen molar-refractivity contribution in [2.75, 3.05) is 73.6 Å². The fourth-order valence-corrected chi connectivity index (χ4v) is 4.69. The maximum Gasteiger partial charge on any atom is 0.240 e. The van der Waals surface area contributed by atoms with E-state index >= 15 is 0 Å². The van der Waals surface area contributed by atoms with Crippen LogP contribution in [0.3, 0.4) is 0 Å². The van der Waals surface area contributed by atoms with E-state index in [2.05, 4.69) is 4.90 Å². The van der Waals surface area contributed by atoms with Gasteiger partial charge < -0.3 is 14.5 Å². The quantitative estimate of drug-likeness (QED) is 0.523. The Morgan fingerprint density at radius 2 is 1.78 bits per heavy atom. The molecule has 3 amide bonds. The summed E-state index contributed by atoms with van der Waals surface area (Å²) in [6.45, 7) is 7.21. The number of hydrogen-bond donors (Lipinski definition) is 0. The Morgan fingerprint density at radius 3 is 2.41 bits per heavy atom. The van der Waals surface area contributed by atoms with Crippen LogP contribution < -0.4 is 0 Å². The molecule has 2 aliphatic rings. The van der Waals surface area contributed by atoms with Crippen molar-refractivity contribution in [3.63, 3.8) is 0 Å². The van der Waals surface area contributed by atoms with E-state index in [1.165, 1.54) is 4.90 Å². The molecule has 0 aliphatic carbocycles. The Bertz CT molecular complexity index is 835. The third-order valence-electron chi connectivity index (χ3n) is 6.63. The summed E-state index contributed by atoms with van der Waals surface area (Å²) in [4.78, 5) is 47.4. The minimum absolute atomic E-state index is 0.0267. The lowest BCUT2D eigenvalue weighted by Gasteiger charge is -2.37. The summed E-state index contributed by atoms with van der Waals surface area (Å²) in [6.07, 6.45) is 0.0720. The molecule has 0 saturated carbocycles. The summed E-state index contributed by atoms with van der Waals surface area (Å²) in [5.74, 6) is -0.502. The number of likely N-dealkylation sites (N-methyl/N-ethyl adjacent to an activating group) is 1. The highest BCUT2D eigenvalue weighted by atomic mass is 16.5. The van der Waals surface area contributed by atoms with E-state index in [1.54, 1.807) is 7.11 Å². The number of methoxy groups -OCH3 is 1. The van der Waals surface area contributed by atoms with Crippen molar-refractivity contribution >= 4 is 17.7 Å². The molecular weight excluding hydrogens is 408 g/mol. The van der Waals surface area contributed by atoms with E-state index in [0.29, 0.717) is 32.8 Å². The summed E-state index contributed by atoms with van der Waals surface area (Å²) in [6, 6.07) is 7.63. The molecule has 8 heteroatoms. The second kappa shape index (κ2) is 10.6. The number of carbonyl (C=O) groups is 3. The Labute approximate surface area is 191 Å². The van der Waals surface area contributed by atoms with Gasteiger partial charge in [-0.1, -0.05) is 24.3 Å². The number of hydrogen-bond acceptors (Lipinski definition) is 6. The SMILES string of the molecule is COCCN1CCN(C(=O)CC2(c3ccccc3C)CC(=O)N(CCN(C)C)C2=O)CC1. The monoisotopic (exact) mass is 444 g/mol. The van der Waals surface area contributed by atoms with Crippen LogP contribution in [0.1, 0.15) is 24.0 Å². The minimum Gasteiger partial charge on any atom is -0.383 e.